The Morgan fingerprint density at radius 3 is 2.71 bits per heavy atom. The van der Waals surface area contributed by atoms with Crippen molar-refractivity contribution in [2.75, 3.05) is 7.05 Å². The van der Waals surface area contributed by atoms with Gasteiger partial charge in [-0.25, -0.2) is 0 Å². The monoisotopic (exact) mass is 213 g/mol. The van der Waals surface area contributed by atoms with Crippen LogP contribution in [0.4, 0.5) is 0 Å². The molecule has 0 bridgehead atoms. The number of rotatable bonds is 3. The Kier molecular flexibility index (Phi) is 2.26. The van der Waals surface area contributed by atoms with Crippen molar-refractivity contribution in [2.24, 2.45) is 0 Å². The highest BCUT2D eigenvalue weighted by atomic mass is 35.5. The van der Waals surface area contributed by atoms with Crippen LogP contribution in [-0.4, -0.2) is 18.0 Å². The van der Waals surface area contributed by atoms with Gasteiger partial charge in [-0.15, -0.1) is 11.6 Å². The first-order valence-electron chi connectivity index (χ1n) is 5.02. The van der Waals surface area contributed by atoms with Crippen LogP contribution in [0.3, 0.4) is 0 Å². The van der Waals surface area contributed by atoms with Crippen LogP contribution in [0.2, 0.25) is 0 Å². The quantitative estimate of drug-likeness (QED) is 0.728. The third kappa shape index (κ3) is 1.42. The molecular formula is C11H16ClNO. The predicted octanol–water partition coefficient (Wildman–Crippen LogP) is 2.55. The molecule has 2 rings (SSSR count). The lowest BCUT2D eigenvalue weighted by Gasteiger charge is -2.39. The van der Waals surface area contributed by atoms with Gasteiger partial charge in [0.15, 0.2) is 0 Å². The molecule has 0 heterocycles. The van der Waals surface area contributed by atoms with Crippen molar-refractivity contribution in [2.45, 2.75) is 37.7 Å². The van der Waals surface area contributed by atoms with Crippen molar-refractivity contribution in [1.82, 2.24) is 5.32 Å². The van der Waals surface area contributed by atoms with E-state index in [2.05, 4.69) is 5.32 Å². The van der Waals surface area contributed by atoms with E-state index in [9.17, 15) is 0 Å². The van der Waals surface area contributed by atoms with Gasteiger partial charge >= 0.3 is 0 Å². The van der Waals surface area contributed by atoms with Crippen LogP contribution >= 0.6 is 11.6 Å². The minimum Gasteiger partial charge on any atom is -0.490 e. The fourth-order valence-corrected chi connectivity index (χ4v) is 1.84. The van der Waals surface area contributed by atoms with E-state index in [1.807, 2.05) is 27.1 Å². The van der Waals surface area contributed by atoms with E-state index in [-0.39, 0.29) is 4.87 Å². The van der Waals surface area contributed by atoms with Gasteiger partial charge in [-0.3, -0.25) is 0 Å². The first-order valence-corrected chi connectivity index (χ1v) is 5.40. The predicted molar refractivity (Wildman–Crippen MR) is 58.2 cm³/mol. The Hall–Kier alpha value is -0.630. The van der Waals surface area contributed by atoms with Gasteiger partial charge in [-0.2, -0.15) is 0 Å². The van der Waals surface area contributed by atoms with Crippen LogP contribution in [-0.2, 0) is 4.74 Å². The highest BCUT2D eigenvalue weighted by Crippen LogP contribution is 2.50. The average Bonchev–Trinajstić information content (AvgIpc) is 2.94. The summed E-state index contributed by atoms with van der Waals surface area (Å²) < 4.78 is 5.80. The Morgan fingerprint density at radius 1 is 1.57 bits per heavy atom. The third-order valence-corrected chi connectivity index (χ3v) is 3.38. The van der Waals surface area contributed by atoms with Gasteiger partial charge in [0, 0.05) is 18.8 Å². The van der Waals surface area contributed by atoms with Crippen LogP contribution in [0.25, 0.3) is 0 Å². The van der Waals surface area contributed by atoms with E-state index in [1.165, 1.54) is 12.8 Å². The third-order valence-electron chi connectivity index (χ3n) is 2.89. The molecule has 0 aromatic rings. The number of alkyl halides is 1. The zero-order valence-electron chi connectivity index (χ0n) is 8.86. The van der Waals surface area contributed by atoms with Gasteiger partial charge in [-0.05, 0) is 32.3 Å². The van der Waals surface area contributed by atoms with Gasteiger partial charge in [0.05, 0.1) is 11.0 Å². The lowest BCUT2D eigenvalue weighted by molar-refractivity contribution is 0.185. The second-order valence-electron chi connectivity index (χ2n) is 4.12. The summed E-state index contributed by atoms with van der Waals surface area (Å²) >= 11 is 6.35. The first-order chi connectivity index (χ1) is 6.57. The summed E-state index contributed by atoms with van der Waals surface area (Å²) in [6.07, 6.45) is 4.73. The fourth-order valence-electron chi connectivity index (χ4n) is 1.62. The molecule has 0 aliphatic heterocycles. The van der Waals surface area contributed by atoms with E-state index < -0.39 is 0 Å². The zero-order chi connectivity index (χ0) is 10.3. The highest BCUT2D eigenvalue weighted by molar-refractivity contribution is 6.29. The van der Waals surface area contributed by atoms with Crippen LogP contribution in [0.5, 0.6) is 0 Å². The Morgan fingerprint density at radius 2 is 2.21 bits per heavy atom. The molecule has 78 valence electrons. The molecule has 1 unspecified atom stereocenters. The molecule has 2 aliphatic carbocycles. The highest BCUT2D eigenvalue weighted by Gasteiger charge is 2.45. The van der Waals surface area contributed by atoms with Gasteiger partial charge in [0.25, 0.3) is 0 Å². The Balaban J connectivity index is 2.20. The van der Waals surface area contributed by atoms with Crippen molar-refractivity contribution < 1.29 is 4.74 Å². The first kappa shape index (κ1) is 9.91. The van der Waals surface area contributed by atoms with E-state index in [1.54, 1.807) is 0 Å². The molecule has 2 nitrogen and oxygen atoms in total. The summed E-state index contributed by atoms with van der Waals surface area (Å²) in [5.41, 5.74) is 2.22. The fraction of sp³-hybridized carbons (Fsp3) is 0.636. The standard InChI is InChI=1S/C11H16ClNO/c1-7-10(14-8-4-5-8)9(6-13-3)11(7,2)12/h6,8,13H,4-5H2,1-3H3/b9-6-. The molecule has 1 fully saturated rings. The summed E-state index contributed by atoms with van der Waals surface area (Å²) in [5, 5.41) is 3.01. The molecule has 0 aromatic heterocycles. The largest absolute Gasteiger partial charge is 0.490 e. The molecule has 14 heavy (non-hydrogen) atoms. The SMILES string of the molecule is CN/C=C1/C(OC2CC2)=C(C)C1(C)Cl. The van der Waals surface area contributed by atoms with Gasteiger partial charge in [0.2, 0.25) is 0 Å². The Bertz CT molecular complexity index is 313. The van der Waals surface area contributed by atoms with Gasteiger partial charge in [-0.1, -0.05) is 0 Å². The minimum absolute atomic E-state index is 0.340. The number of hydrogen-bond acceptors (Lipinski definition) is 2. The summed E-state index contributed by atoms with van der Waals surface area (Å²) in [7, 11) is 1.88. The molecule has 2 aliphatic rings. The van der Waals surface area contributed by atoms with Crippen LogP contribution in [0, 0.1) is 0 Å². The molecule has 0 saturated heterocycles. The summed E-state index contributed by atoms with van der Waals surface area (Å²) in [4.78, 5) is -0.340. The molecule has 0 amide bonds. The molecule has 0 aromatic carbocycles. The molecule has 3 heteroatoms. The second-order valence-corrected chi connectivity index (χ2v) is 4.88. The van der Waals surface area contributed by atoms with E-state index >= 15 is 0 Å². The number of halogens is 1. The zero-order valence-corrected chi connectivity index (χ0v) is 9.61. The smallest absolute Gasteiger partial charge is 0.127 e. The average molecular weight is 214 g/mol. The summed E-state index contributed by atoms with van der Waals surface area (Å²) in [6.45, 7) is 4.05. The van der Waals surface area contributed by atoms with Crippen molar-refractivity contribution >= 4 is 11.6 Å². The topological polar surface area (TPSA) is 21.3 Å². The Labute approximate surface area is 90.0 Å². The van der Waals surface area contributed by atoms with Gasteiger partial charge in [0.1, 0.15) is 5.76 Å². The molecule has 1 N–H and O–H groups in total. The molecule has 0 radical (unpaired) electrons. The van der Waals surface area contributed by atoms with Crippen LogP contribution in [0.15, 0.2) is 23.1 Å². The lowest BCUT2D eigenvalue weighted by atomic mass is 9.79. The molecule has 1 saturated carbocycles. The van der Waals surface area contributed by atoms with Crippen molar-refractivity contribution in [3.63, 3.8) is 0 Å². The van der Waals surface area contributed by atoms with E-state index in [0.717, 1.165) is 16.9 Å². The number of ether oxygens (including phenoxy) is 1. The maximum atomic E-state index is 6.35. The van der Waals surface area contributed by atoms with Crippen molar-refractivity contribution in [3.05, 3.63) is 23.1 Å². The minimum atomic E-state index is -0.340. The van der Waals surface area contributed by atoms with Crippen LogP contribution < -0.4 is 5.32 Å². The van der Waals surface area contributed by atoms with Gasteiger partial charge < -0.3 is 10.1 Å². The number of allylic oxidation sites excluding steroid dienone is 2. The van der Waals surface area contributed by atoms with E-state index in [0.29, 0.717) is 6.10 Å². The van der Waals surface area contributed by atoms with Crippen LogP contribution in [0.1, 0.15) is 26.7 Å². The summed E-state index contributed by atoms with van der Waals surface area (Å²) in [6, 6.07) is 0. The van der Waals surface area contributed by atoms with Crippen molar-refractivity contribution in [1.29, 1.82) is 0 Å². The molecule has 1 atom stereocenters. The van der Waals surface area contributed by atoms with E-state index in [4.69, 9.17) is 16.3 Å². The normalized spacial score (nSPS) is 34.4. The second kappa shape index (κ2) is 3.20. The molecular weight excluding hydrogens is 198 g/mol. The maximum absolute atomic E-state index is 6.35. The molecule has 0 spiro atoms. The number of hydrogen-bond donors (Lipinski definition) is 1. The maximum Gasteiger partial charge on any atom is 0.127 e. The lowest BCUT2D eigenvalue weighted by Crippen LogP contribution is -2.36. The van der Waals surface area contributed by atoms with Crippen molar-refractivity contribution in [3.8, 4) is 0 Å². The summed E-state index contributed by atoms with van der Waals surface area (Å²) in [5.74, 6) is 0.999. The number of nitrogens with one attached hydrogen (secondary N) is 1.